The maximum atomic E-state index is 10.3. The summed E-state index contributed by atoms with van der Waals surface area (Å²) in [6.45, 7) is 5.45. The summed E-state index contributed by atoms with van der Waals surface area (Å²) in [6, 6.07) is 9.74. The molecule has 0 aliphatic heterocycles. The molecule has 0 aliphatic carbocycles. The largest absolute Gasteiger partial charge is 0.385 e. The van der Waals surface area contributed by atoms with E-state index in [2.05, 4.69) is 12.7 Å². The predicted octanol–water partition coefficient (Wildman–Crippen LogP) is 3.97. The van der Waals surface area contributed by atoms with Gasteiger partial charge in [-0.05, 0) is 25.3 Å². The van der Waals surface area contributed by atoms with Crippen LogP contribution in [0.3, 0.4) is 0 Å². The van der Waals surface area contributed by atoms with Crippen LogP contribution in [0.25, 0.3) is 0 Å². The van der Waals surface area contributed by atoms with Crippen molar-refractivity contribution < 1.29 is 5.11 Å². The maximum Gasteiger partial charge on any atom is 0.0902 e. The Bertz CT molecular complexity index is 385. The smallest absolute Gasteiger partial charge is 0.0902 e. The summed E-state index contributed by atoms with van der Waals surface area (Å²) in [6.07, 6.45) is 11.3. The molecular weight excluding hydrogens is 208 g/mol. The molecule has 0 aromatic heterocycles. The maximum absolute atomic E-state index is 10.3. The Morgan fingerprint density at radius 2 is 1.88 bits per heavy atom. The van der Waals surface area contributed by atoms with Crippen LogP contribution in [0.4, 0.5) is 0 Å². The van der Waals surface area contributed by atoms with Gasteiger partial charge in [-0.2, -0.15) is 0 Å². The molecule has 0 spiro atoms. The van der Waals surface area contributed by atoms with Crippen LogP contribution in [0.1, 0.15) is 25.3 Å². The second-order valence-electron chi connectivity index (χ2n) is 4.21. The fraction of sp³-hybridized carbons (Fsp3) is 0.250. The molecule has 1 rings (SSSR count). The number of hydrogen-bond acceptors (Lipinski definition) is 1. The highest BCUT2D eigenvalue weighted by Gasteiger charge is 2.20. The van der Waals surface area contributed by atoms with Crippen LogP contribution >= 0.6 is 0 Å². The lowest BCUT2D eigenvalue weighted by Gasteiger charge is -2.22. The van der Waals surface area contributed by atoms with E-state index in [0.717, 1.165) is 12.0 Å². The van der Waals surface area contributed by atoms with Gasteiger partial charge < -0.3 is 5.11 Å². The van der Waals surface area contributed by atoms with Gasteiger partial charge >= 0.3 is 0 Å². The Kier molecular flexibility index (Phi) is 5.44. The lowest BCUT2D eigenvalue weighted by atomic mass is 9.92. The van der Waals surface area contributed by atoms with E-state index < -0.39 is 5.60 Å². The van der Waals surface area contributed by atoms with Crippen molar-refractivity contribution in [1.29, 1.82) is 0 Å². The summed E-state index contributed by atoms with van der Waals surface area (Å²) in [5, 5.41) is 10.3. The summed E-state index contributed by atoms with van der Waals surface area (Å²) < 4.78 is 0. The summed E-state index contributed by atoms with van der Waals surface area (Å²) >= 11 is 0. The average Bonchev–Trinajstić information content (AvgIpc) is 2.35. The van der Waals surface area contributed by atoms with E-state index in [-0.39, 0.29) is 0 Å². The van der Waals surface area contributed by atoms with Crippen molar-refractivity contribution in [3.05, 3.63) is 72.9 Å². The molecule has 0 bridgehead atoms. The molecule has 0 saturated carbocycles. The van der Waals surface area contributed by atoms with Crippen molar-refractivity contribution in [3.63, 3.8) is 0 Å². The van der Waals surface area contributed by atoms with Crippen molar-refractivity contribution >= 4 is 0 Å². The number of hydrogen-bond donors (Lipinski definition) is 1. The minimum atomic E-state index is -0.792. The third kappa shape index (κ3) is 4.83. The molecule has 0 amide bonds. The van der Waals surface area contributed by atoms with E-state index in [1.807, 2.05) is 55.5 Å². The van der Waals surface area contributed by atoms with Gasteiger partial charge in [0.25, 0.3) is 0 Å². The van der Waals surface area contributed by atoms with Crippen LogP contribution in [0.2, 0.25) is 0 Å². The number of rotatable bonds is 6. The van der Waals surface area contributed by atoms with Crippen molar-refractivity contribution in [2.75, 3.05) is 0 Å². The summed E-state index contributed by atoms with van der Waals surface area (Å²) in [4.78, 5) is 0. The molecule has 0 fully saturated rings. The normalized spacial score (nSPS) is 15.2. The zero-order valence-corrected chi connectivity index (χ0v) is 10.3. The molecule has 1 nitrogen and oxygen atoms in total. The predicted molar refractivity (Wildman–Crippen MR) is 73.7 cm³/mol. The molecule has 17 heavy (non-hydrogen) atoms. The minimum absolute atomic E-state index is 0.624. The molecule has 1 N–H and O–H groups in total. The summed E-state index contributed by atoms with van der Waals surface area (Å²) in [5.41, 5.74) is 0.159. The zero-order valence-electron chi connectivity index (χ0n) is 10.3. The van der Waals surface area contributed by atoms with Gasteiger partial charge in [-0.25, -0.2) is 0 Å². The van der Waals surface area contributed by atoms with Gasteiger partial charge in [0.2, 0.25) is 0 Å². The van der Waals surface area contributed by atoms with Crippen LogP contribution in [0, 0.1) is 0 Å². The van der Waals surface area contributed by atoms with E-state index >= 15 is 0 Å². The van der Waals surface area contributed by atoms with Gasteiger partial charge in [0.05, 0.1) is 5.60 Å². The molecule has 1 heteroatoms. The minimum Gasteiger partial charge on any atom is -0.385 e. The Morgan fingerprint density at radius 3 is 2.53 bits per heavy atom. The molecule has 0 aliphatic rings. The van der Waals surface area contributed by atoms with Gasteiger partial charge in [0.1, 0.15) is 0 Å². The van der Waals surface area contributed by atoms with Crippen LogP contribution in [-0.2, 0) is 5.60 Å². The third-order valence-electron chi connectivity index (χ3n) is 2.62. The molecular formula is C16H20O. The fourth-order valence-corrected chi connectivity index (χ4v) is 1.58. The summed E-state index contributed by atoms with van der Waals surface area (Å²) in [5.74, 6) is 0. The van der Waals surface area contributed by atoms with E-state index in [9.17, 15) is 5.11 Å². The molecule has 1 unspecified atom stereocenters. The number of aliphatic hydroxyl groups is 1. The van der Waals surface area contributed by atoms with E-state index in [1.54, 1.807) is 6.08 Å². The van der Waals surface area contributed by atoms with Crippen molar-refractivity contribution in [1.82, 2.24) is 0 Å². The highest BCUT2D eigenvalue weighted by molar-refractivity contribution is 5.22. The van der Waals surface area contributed by atoms with Crippen LogP contribution in [0.5, 0.6) is 0 Å². The lowest BCUT2D eigenvalue weighted by molar-refractivity contribution is 0.0605. The van der Waals surface area contributed by atoms with E-state index in [0.29, 0.717) is 6.42 Å². The lowest BCUT2D eigenvalue weighted by Crippen LogP contribution is -2.19. The topological polar surface area (TPSA) is 20.2 Å². The highest BCUT2D eigenvalue weighted by atomic mass is 16.3. The highest BCUT2D eigenvalue weighted by Crippen LogP contribution is 2.24. The van der Waals surface area contributed by atoms with E-state index in [1.165, 1.54) is 0 Å². The monoisotopic (exact) mass is 228 g/mol. The molecule has 0 heterocycles. The summed E-state index contributed by atoms with van der Waals surface area (Å²) in [7, 11) is 0. The van der Waals surface area contributed by atoms with Gasteiger partial charge in [0, 0.05) is 0 Å². The van der Waals surface area contributed by atoms with Crippen molar-refractivity contribution in [2.45, 2.75) is 25.4 Å². The first-order chi connectivity index (χ1) is 8.17. The molecule has 1 aromatic carbocycles. The van der Waals surface area contributed by atoms with Crippen LogP contribution in [0.15, 0.2) is 67.3 Å². The Balaban J connectivity index is 2.50. The third-order valence-corrected chi connectivity index (χ3v) is 2.62. The standard InChI is InChI=1S/C16H20O/c1-3-4-5-6-7-11-14-16(2,17)15-12-9-8-10-13-15/h3-5,7-13,17H,1,6,14H2,2H3/b5-4+,11-7+. The van der Waals surface area contributed by atoms with Crippen molar-refractivity contribution in [2.24, 2.45) is 0 Å². The SMILES string of the molecule is C=C/C=C/C/C=C/CC(C)(O)c1ccccc1. The first-order valence-electron chi connectivity index (χ1n) is 5.87. The quantitative estimate of drug-likeness (QED) is 0.577. The Labute approximate surface area is 104 Å². The van der Waals surface area contributed by atoms with Crippen molar-refractivity contribution in [3.8, 4) is 0 Å². The van der Waals surface area contributed by atoms with E-state index in [4.69, 9.17) is 0 Å². The first-order valence-corrected chi connectivity index (χ1v) is 5.87. The van der Waals surface area contributed by atoms with Gasteiger partial charge in [0.15, 0.2) is 0 Å². The van der Waals surface area contributed by atoms with Gasteiger partial charge in [-0.15, -0.1) is 0 Å². The Hall–Kier alpha value is -1.60. The van der Waals surface area contributed by atoms with Crippen LogP contribution in [-0.4, -0.2) is 5.11 Å². The molecule has 1 aromatic rings. The first kappa shape index (κ1) is 13.5. The fourth-order valence-electron chi connectivity index (χ4n) is 1.58. The van der Waals surface area contributed by atoms with Gasteiger partial charge in [-0.3, -0.25) is 0 Å². The molecule has 0 saturated heterocycles. The number of allylic oxidation sites excluding steroid dienone is 4. The Morgan fingerprint density at radius 1 is 1.18 bits per heavy atom. The molecule has 90 valence electrons. The van der Waals surface area contributed by atoms with Gasteiger partial charge in [-0.1, -0.05) is 67.3 Å². The van der Waals surface area contributed by atoms with Crippen LogP contribution < -0.4 is 0 Å². The molecule has 0 radical (unpaired) electrons. The number of benzene rings is 1. The second kappa shape index (κ2) is 6.87. The zero-order chi connectivity index (χ0) is 12.6. The molecule has 1 atom stereocenters. The second-order valence-corrected chi connectivity index (χ2v) is 4.21. The average molecular weight is 228 g/mol.